The van der Waals surface area contributed by atoms with Crippen molar-refractivity contribution in [1.82, 2.24) is 0 Å². The normalized spacial score (nSPS) is 30.3. The second-order valence-corrected chi connectivity index (χ2v) is 5.54. The molecule has 0 bridgehead atoms. The fraction of sp³-hybridized carbons (Fsp3) is 0.909. The first-order valence-electron chi connectivity index (χ1n) is 6.59. The summed E-state index contributed by atoms with van der Waals surface area (Å²) in [6.45, 7) is 0.619. The molecule has 2 aliphatic carbocycles. The summed E-state index contributed by atoms with van der Waals surface area (Å²) in [6.07, 6.45) is 3.56. The van der Waals surface area contributed by atoms with Gasteiger partial charge in [0.2, 0.25) is 0 Å². The third-order valence-electron chi connectivity index (χ3n) is 4.44. The van der Waals surface area contributed by atoms with Crippen molar-refractivity contribution >= 4 is 6.21 Å². The molecule has 9 nitrogen and oxygen atoms in total. The Morgan fingerprint density at radius 3 is 2.50 bits per heavy atom. The highest BCUT2D eigenvalue weighted by molar-refractivity contribution is 5.57. The van der Waals surface area contributed by atoms with Crippen LogP contribution in [0.4, 0.5) is 0 Å². The molecule has 9 heteroatoms. The fourth-order valence-electron chi connectivity index (χ4n) is 3.24. The van der Waals surface area contributed by atoms with Crippen molar-refractivity contribution in [1.29, 1.82) is 5.41 Å². The number of rotatable bonds is 9. The van der Waals surface area contributed by atoms with Crippen LogP contribution >= 0.6 is 0 Å². The van der Waals surface area contributed by atoms with Crippen LogP contribution in [-0.4, -0.2) is 24.8 Å². The number of hydrogen-bond acceptors (Lipinski definition) is 5. The zero-order chi connectivity index (χ0) is 14.6. The minimum Gasteiger partial charge on any atom is -0.313 e. The lowest BCUT2D eigenvalue weighted by Gasteiger charge is -2.09. The second kappa shape index (κ2) is 5.90. The van der Waals surface area contributed by atoms with Gasteiger partial charge in [-0.3, -0.25) is 0 Å². The van der Waals surface area contributed by atoms with Crippen LogP contribution in [0.1, 0.15) is 19.3 Å². The summed E-state index contributed by atoms with van der Waals surface area (Å²) in [4.78, 5) is 16.5. The van der Waals surface area contributed by atoms with Gasteiger partial charge in [0.25, 0.3) is 0 Å². The molecule has 0 aromatic carbocycles. The third-order valence-corrected chi connectivity index (χ3v) is 4.44. The van der Waals surface area contributed by atoms with Gasteiger partial charge in [-0.15, -0.1) is 0 Å². The van der Waals surface area contributed by atoms with Crippen molar-refractivity contribution in [3.05, 3.63) is 25.8 Å². The molecule has 0 heterocycles. The highest BCUT2D eigenvalue weighted by Gasteiger charge is 2.66. The average molecular weight is 276 g/mol. The average Bonchev–Trinajstić information content (AvgIpc) is 3.36. The Morgan fingerprint density at radius 2 is 2.00 bits per heavy atom. The van der Waals surface area contributed by atoms with Crippen molar-refractivity contribution < 1.29 is 0 Å². The number of nitrogens with one attached hydrogen (secondary N) is 1. The minimum absolute atomic E-state index is 0.128. The van der Waals surface area contributed by atoms with E-state index in [2.05, 4.69) is 25.2 Å². The molecule has 0 aromatic rings. The van der Waals surface area contributed by atoms with Gasteiger partial charge in [-0.1, -0.05) is 15.4 Å². The molecule has 0 amide bonds. The Bertz CT molecular complexity index is 489. The van der Waals surface area contributed by atoms with Crippen molar-refractivity contribution in [3.8, 4) is 0 Å². The first-order valence-corrected chi connectivity index (χ1v) is 6.59. The topological polar surface area (TPSA) is 151 Å². The first kappa shape index (κ1) is 14.3. The zero-order valence-corrected chi connectivity index (χ0v) is 11.0. The summed E-state index contributed by atoms with van der Waals surface area (Å²) in [5, 5.41) is 17.7. The molecule has 1 N–H and O–H groups in total. The summed E-state index contributed by atoms with van der Waals surface area (Å²) in [5.41, 5.74) is 16.3. The summed E-state index contributed by atoms with van der Waals surface area (Å²) in [7, 11) is 0. The van der Waals surface area contributed by atoms with Crippen LogP contribution in [0, 0.1) is 34.0 Å². The Morgan fingerprint density at radius 1 is 1.30 bits per heavy atom. The molecular weight excluding hydrogens is 260 g/mol. The van der Waals surface area contributed by atoms with E-state index in [1.54, 1.807) is 0 Å². The van der Waals surface area contributed by atoms with E-state index in [-0.39, 0.29) is 30.2 Å². The Hall–Kier alpha value is -2.11. The van der Waals surface area contributed by atoms with E-state index in [0.717, 1.165) is 12.8 Å². The van der Waals surface area contributed by atoms with Crippen LogP contribution in [0.2, 0.25) is 0 Å². The van der Waals surface area contributed by atoms with Gasteiger partial charge in [0.05, 0.1) is 0 Å². The second-order valence-electron chi connectivity index (χ2n) is 5.54. The Kier molecular flexibility index (Phi) is 4.22. The molecule has 0 saturated heterocycles. The highest BCUT2D eigenvalue weighted by Crippen LogP contribution is 2.65. The molecule has 0 aromatic heterocycles. The molecule has 0 aliphatic heterocycles. The summed E-state index contributed by atoms with van der Waals surface area (Å²) >= 11 is 0. The summed E-state index contributed by atoms with van der Waals surface area (Å²) in [6, 6.07) is 0. The van der Waals surface area contributed by atoms with Gasteiger partial charge in [-0.05, 0) is 60.2 Å². The van der Waals surface area contributed by atoms with Crippen LogP contribution in [0.5, 0.6) is 0 Å². The maximum atomic E-state index is 11.0. The number of nitroso groups, excluding NO2 is 1. The van der Waals surface area contributed by atoms with E-state index in [4.69, 9.17) is 16.5 Å². The van der Waals surface area contributed by atoms with Gasteiger partial charge in [-0.25, -0.2) is 0 Å². The summed E-state index contributed by atoms with van der Waals surface area (Å²) < 4.78 is 0. The zero-order valence-electron chi connectivity index (χ0n) is 11.0. The van der Waals surface area contributed by atoms with Crippen LogP contribution in [0.25, 0.3) is 20.9 Å². The van der Waals surface area contributed by atoms with Gasteiger partial charge in [0.1, 0.15) is 5.54 Å². The van der Waals surface area contributed by atoms with E-state index < -0.39 is 5.54 Å². The molecule has 20 heavy (non-hydrogen) atoms. The van der Waals surface area contributed by atoms with Crippen LogP contribution in [-0.2, 0) is 0 Å². The molecular formula is C11H16N8O. The number of nitrogens with zero attached hydrogens (tertiary/aromatic N) is 7. The molecule has 4 unspecified atom stereocenters. The number of azide groups is 2. The largest absolute Gasteiger partial charge is 0.313 e. The van der Waals surface area contributed by atoms with E-state index in [9.17, 15) is 4.91 Å². The molecule has 4 atom stereocenters. The van der Waals surface area contributed by atoms with Crippen molar-refractivity contribution in [2.75, 3.05) is 13.1 Å². The van der Waals surface area contributed by atoms with Gasteiger partial charge in [-0.2, -0.15) is 4.91 Å². The van der Waals surface area contributed by atoms with Crippen molar-refractivity contribution in [2.45, 2.75) is 24.8 Å². The maximum absolute atomic E-state index is 11.0. The Labute approximate surface area is 115 Å². The fourth-order valence-corrected chi connectivity index (χ4v) is 3.24. The van der Waals surface area contributed by atoms with Crippen molar-refractivity contribution in [3.63, 3.8) is 0 Å². The molecule has 106 valence electrons. The molecule has 2 aliphatic rings. The van der Waals surface area contributed by atoms with Crippen LogP contribution in [0.3, 0.4) is 0 Å². The SMILES string of the molecule is [N-]=[N+]=NCC(C=N)CC1C(CN=[N+]=[N-])C1C1(N=O)CC1. The highest BCUT2D eigenvalue weighted by atomic mass is 16.3. The van der Waals surface area contributed by atoms with Crippen molar-refractivity contribution in [2.24, 2.45) is 39.1 Å². The van der Waals surface area contributed by atoms with Crippen LogP contribution in [0.15, 0.2) is 15.4 Å². The van der Waals surface area contributed by atoms with Gasteiger partial charge in [0.15, 0.2) is 0 Å². The molecule has 0 spiro atoms. The molecule has 0 radical (unpaired) electrons. The van der Waals surface area contributed by atoms with Gasteiger partial charge in [0, 0.05) is 22.9 Å². The predicted octanol–water partition coefficient (Wildman–Crippen LogP) is 3.42. The number of hydrogen-bond donors (Lipinski definition) is 1. The minimum atomic E-state index is -0.467. The molecule has 2 fully saturated rings. The lowest BCUT2D eigenvalue weighted by molar-refractivity contribution is 0.489. The van der Waals surface area contributed by atoms with E-state index in [0.29, 0.717) is 13.0 Å². The molecule has 2 saturated carbocycles. The third kappa shape index (κ3) is 2.74. The smallest absolute Gasteiger partial charge is 0.106 e. The summed E-state index contributed by atoms with van der Waals surface area (Å²) in [5.74, 6) is 0.414. The molecule has 2 rings (SSSR count). The van der Waals surface area contributed by atoms with E-state index in [1.165, 1.54) is 6.21 Å². The lowest BCUT2D eigenvalue weighted by atomic mass is 10.00. The van der Waals surface area contributed by atoms with Gasteiger partial charge >= 0.3 is 0 Å². The first-order chi connectivity index (χ1) is 9.72. The van der Waals surface area contributed by atoms with E-state index in [1.807, 2.05) is 0 Å². The quantitative estimate of drug-likeness (QED) is 0.221. The monoisotopic (exact) mass is 276 g/mol. The van der Waals surface area contributed by atoms with Crippen LogP contribution < -0.4 is 0 Å². The van der Waals surface area contributed by atoms with E-state index >= 15 is 0 Å². The lowest BCUT2D eigenvalue weighted by Crippen LogP contribution is -2.12. The maximum Gasteiger partial charge on any atom is 0.106 e. The van der Waals surface area contributed by atoms with Gasteiger partial charge < -0.3 is 5.41 Å². The standard InChI is InChI=1S/C11H16N8O/c12-4-7(5-15-18-13)3-8-9(6-16-19-14)10(8)11(17-20)1-2-11/h4,7-10,12H,1-3,5-6H2. The Balaban J connectivity index is 2.00. The predicted molar refractivity (Wildman–Crippen MR) is 73.1 cm³/mol.